The molecule has 162 valence electrons. The molecule has 7 heteroatoms. The minimum absolute atomic E-state index is 0.339. The monoisotopic (exact) mass is 402 g/mol. The highest BCUT2D eigenvalue weighted by molar-refractivity contribution is 5.76. The molecule has 0 aromatic carbocycles. The van der Waals surface area contributed by atoms with Gasteiger partial charge in [0.15, 0.2) is 0 Å². The first-order valence-electron chi connectivity index (χ1n) is 11.5. The summed E-state index contributed by atoms with van der Waals surface area (Å²) in [5.41, 5.74) is 0. The molecule has 29 heavy (non-hydrogen) atoms. The highest BCUT2D eigenvalue weighted by Gasteiger charge is 2.24. The number of hydrogen-bond donors (Lipinski definition) is 1. The Balaban J connectivity index is 1.45. The van der Waals surface area contributed by atoms with Crippen LogP contribution in [0.15, 0.2) is 12.4 Å². The summed E-state index contributed by atoms with van der Waals surface area (Å²) in [5, 5.41) is 3.34. The van der Waals surface area contributed by atoms with Crippen LogP contribution < -0.4 is 10.2 Å². The number of amides is 1. The third-order valence-corrected chi connectivity index (χ3v) is 6.08. The Morgan fingerprint density at radius 3 is 2.72 bits per heavy atom. The smallest absolute Gasteiger partial charge is 0.222 e. The molecule has 1 amide bonds. The molecule has 0 aliphatic carbocycles. The lowest BCUT2D eigenvalue weighted by molar-refractivity contribution is -0.133. The first kappa shape index (κ1) is 21.8. The van der Waals surface area contributed by atoms with Crippen molar-refractivity contribution in [2.75, 3.05) is 62.6 Å². The predicted octanol–water partition coefficient (Wildman–Crippen LogP) is 2.85. The maximum Gasteiger partial charge on any atom is 0.222 e. The average molecular weight is 403 g/mol. The molecule has 0 bridgehead atoms. The van der Waals surface area contributed by atoms with E-state index in [1.54, 1.807) is 6.33 Å². The number of piperidine rings is 1. The van der Waals surface area contributed by atoms with E-state index < -0.39 is 0 Å². The summed E-state index contributed by atoms with van der Waals surface area (Å²) in [6.45, 7) is 12.3. The molecule has 3 heterocycles. The summed E-state index contributed by atoms with van der Waals surface area (Å²) < 4.78 is 0. The Bertz CT molecular complexity index is 631. The topological polar surface area (TPSA) is 64.6 Å². The van der Waals surface area contributed by atoms with E-state index >= 15 is 0 Å². The molecule has 1 aromatic heterocycles. The van der Waals surface area contributed by atoms with Gasteiger partial charge in [-0.25, -0.2) is 9.97 Å². The molecule has 1 N–H and O–H groups in total. The van der Waals surface area contributed by atoms with E-state index in [9.17, 15) is 4.79 Å². The Hall–Kier alpha value is -1.89. The van der Waals surface area contributed by atoms with Crippen LogP contribution in [0.1, 0.15) is 52.4 Å². The number of aromatic nitrogens is 2. The van der Waals surface area contributed by atoms with Crippen molar-refractivity contribution in [1.29, 1.82) is 0 Å². The van der Waals surface area contributed by atoms with Gasteiger partial charge in [-0.3, -0.25) is 9.69 Å². The highest BCUT2D eigenvalue weighted by Crippen LogP contribution is 2.26. The zero-order valence-electron chi connectivity index (χ0n) is 18.3. The second kappa shape index (κ2) is 11.3. The van der Waals surface area contributed by atoms with Crippen molar-refractivity contribution in [3.05, 3.63) is 12.4 Å². The normalized spacial score (nSPS) is 20.7. The van der Waals surface area contributed by atoms with Gasteiger partial charge < -0.3 is 15.1 Å². The fourth-order valence-corrected chi connectivity index (χ4v) is 4.40. The van der Waals surface area contributed by atoms with Crippen LogP contribution in [-0.4, -0.2) is 78.0 Å². The van der Waals surface area contributed by atoms with Gasteiger partial charge in [0.1, 0.15) is 18.0 Å². The van der Waals surface area contributed by atoms with Gasteiger partial charge in [-0.15, -0.1) is 0 Å². The third-order valence-electron chi connectivity index (χ3n) is 6.08. The molecule has 2 fully saturated rings. The van der Waals surface area contributed by atoms with Gasteiger partial charge in [0.2, 0.25) is 5.91 Å². The summed E-state index contributed by atoms with van der Waals surface area (Å²) in [4.78, 5) is 28.4. The quantitative estimate of drug-likeness (QED) is 0.685. The van der Waals surface area contributed by atoms with Crippen molar-refractivity contribution in [2.45, 2.75) is 52.4 Å². The minimum Gasteiger partial charge on any atom is -0.370 e. The molecule has 2 aliphatic rings. The lowest BCUT2D eigenvalue weighted by Crippen LogP contribution is -2.48. The van der Waals surface area contributed by atoms with Crippen LogP contribution in [0, 0.1) is 5.92 Å². The third kappa shape index (κ3) is 6.56. The second-order valence-electron chi connectivity index (χ2n) is 8.40. The van der Waals surface area contributed by atoms with E-state index in [1.165, 1.54) is 12.8 Å². The van der Waals surface area contributed by atoms with Crippen LogP contribution in [-0.2, 0) is 4.79 Å². The summed E-state index contributed by atoms with van der Waals surface area (Å²) in [5.74, 6) is 2.81. The molecular formula is C22H38N6O. The molecule has 3 rings (SSSR count). The van der Waals surface area contributed by atoms with Gasteiger partial charge in [0.05, 0.1) is 0 Å². The molecule has 0 saturated carbocycles. The van der Waals surface area contributed by atoms with E-state index in [-0.39, 0.29) is 0 Å². The molecule has 2 saturated heterocycles. The molecular weight excluding hydrogens is 364 g/mol. The standard InChI is InChI=1S/C22H38N6O/c1-3-9-23-20-16-21(25-18-24-20)28-11-5-6-19(17-28)7-8-22(29)27-14-12-26(10-4-2)13-15-27/h16,18-19H,3-15,17H2,1-2H3,(H,23,24,25)/t19-/m0/s1. The van der Waals surface area contributed by atoms with Crippen molar-refractivity contribution in [3.8, 4) is 0 Å². The summed E-state index contributed by atoms with van der Waals surface area (Å²) in [7, 11) is 0. The number of piperazine rings is 1. The first-order chi connectivity index (χ1) is 14.2. The van der Waals surface area contributed by atoms with E-state index in [4.69, 9.17) is 0 Å². The predicted molar refractivity (Wildman–Crippen MR) is 118 cm³/mol. The molecule has 0 unspecified atom stereocenters. The minimum atomic E-state index is 0.339. The van der Waals surface area contributed by atoms with Gasteiger partial charge in [-0.05, 0) is 44.6 Å². The highest BCUT2D eigenvalue weighted by atomic mass is 16.2. The lowest BCUT2D eigenvalue weighted by atomic mass is 9.93. The largest absolute Gasteiger partial charge is 0.370 e. The van der Waals surface area contributed by atoms with Crippen LogP contribution in [0.3, 0.4) is 0 Å². The van der Waals surface area contributed by atoms with Crippen molar-refractivity contribution in [1.82, 2.24) is 19.8 Å². The number of rotatable bonds is 9. The SMILES string of the molecule is CCCNc1cc(N2CCC[C@@H](CCC(=O)N3CCN(CCC)CC3)C2)ncn1. The van der Waals surface area contributed by atoms with Crippen molar-refractivity contribution in [2.24, 2.45) is 5.92 Å². The maximum absolute atomic E-state index is 12.7. The van der Waals surface area contributed by atoms with Gasteiger partial charge in [0.25, 0.3) is 0 Å². The Kier molecular flexibility index (Phi) is 8.52. The summed E-state index contributed by atoms with van der Waals surface area (Å²) in [6, 6.07) is 2.05. The van der Waals surface area contributed by atoms with Crippen LogP contribution in [0.5, 0.6) is 0 Å². The van der Waals surface area contributed by atoms with Crippen LogP contribution in [0.2, 0.25) is 0 Å². The molecule has 1 aromatic rings. The van der Waals surface area contributed by atoms with E-state index in [0.29, 0.717) is 18.2 Å². The fourth-order valence-electron chi connectivity index (χ4n) is 4.40. The van der Waals surface area contributed by atoms with Crippen molar-refractivity contribution < 1.29 is 4.79 Å². The number of nitrogens with one attached hydrogen (secondary N) is 1. The number of anilines is 2. The number of nitrogens with zero attached hydrogens (tertiary/aromatic N) is 5. The van der Waals surface area contributed by atoms with E-state index in [1.807, 2.05) is 0 Å². The van der Waals surface area contributed by atoms with Gasteiger partial charge in [-0.2, -0.15) is 0 Å². The number of carbonyl (C=O) groups is 1. The maximum atomic E-state index is 12.7. The van der Waals surface area contributed by atoms with E-state index in [0.717, 1.165) is 83.3 Å². The average Bonchev–Trinajstić information content (AvgIpc) is 2.77. The second-order valence-corrected chi connectivity index (χ2v) is 8.40. The Morgan fingerprint density at radius 2 is 1.97 bits per heavy atom. The van der Waals surface area contributed by atoms with Crippen molar-refractivity contribution >= 4 is 17.5 Å². The summed E-state index contributed by atoms with van der Waals surface area (Å²) >= 11 is 0. The van der Waals surface area contributed by atoms with Crippen LogP contribution >= 0.6 is 0 Å². The fraction of sp³-hybridized carbons (Fsp3) is 0.773. The van der Waals surface area contributed by atoms with Gasteiger partial charge in [0, 0.05) is 58.3 Å². The molecule has 7 nitrogen and oxygen atoms in total. The Morgan fingerprint density at radius 1 is 1.14 bits per heavy atom. The molecule has 0 spiro atoms. The van der Waals surface area contributed by atoms with Crippen LogP contribution in [0.25, 0.3) is 0 Å². The zero-order chi connectivity index (χ0) is 20.5. The number of carbonyl (C=O) groups excluding carboxylic acids is 1. The zero-order valence-corrected chi connectivity index (χ0v) is 18.3. The van der Waals surface area contributed by atoms with Gasteiger partial charge in [-0.1, -0.05) is 13.8 Å². The van der Waals surface area contributed by atoms with Crippen LogP contribution in [0.4, 0.5) is 11.6 Å². The first-order valence-corrected chi connectivity index (χ1v) is 11.5. The van der Waals surface area contributed by atoms with E-state index in [2.05, 4.69) is 49.9 Å². The lowest BCUT2D eigenvalue weighted by Gasteiger charge is -2.36. The molecule has 0 radical (unpaired) electrons. The summed E-state index contributed by atoms with van der Waals surface area (Å²) in [6.07, 6.45) is 7.95. The molecule has 1 atom stereocenters. The Labute approximate surface area is 175 Å². The number of hydrogen-bond acceptors (Lipinski definition) is 6. The van der Waals surface area contributed by atoms with Crippen molar-refractivity contribution in [3.63, 3.8) is 0 Å². The molecule has 2 aliphatic heterocycles. The van der Waals surface area contributed by atoms with Gasteiger partial charge >= 0.3 is 0 Å².